The van der Waals surface area contributed by atoms with Crippen LogP contribution < -0.4 is 10.7 Å². The summed E-state index contributed by atoms with van der Waals surface area (Å²) in [5, 5.41) is 6.95. The molecular weight excluding hydrogens is 441 g/mol. The molecule has 0 heterocycles. The highest BCUT2D eigenvalue weighted by Crippen LogP contribution is 2.22. The summed E-state index contributed by atoms with van der Waals surface area (Å²) in [7, 11) is 0. The summed E-state index contributed by atoms with van der Waals surface area (Å²) < 4.78 is 0.971. The van der Waals surface area contributed by atoms with Crippen molar-refractivity contribution in [2.24, 2.45) is 5.10 Å². The van der Waals surface area contributed by atoms with Crippen molar-refractivity contribution in [2.75, 3.05) is 5.32 Å². The average molecular weight is 463 g/mol. The van der Waals surface area contributed by atoms with Gasteiger partial charge in [0, 0.05) is 20.5 Å². The highest BCUT2D eigenvalue weighted by molar-refractivity contribution is 14.1. The molecule has 0 fully saturated rings. The summed E-state index contributed by atoms with van der Waals surface area (Å²) in [6.07, 6.45) is 0.110. The van der Waals surface area contributed by atoms with Gasteiger partial charge in [-0.05, 0) is 79.6 Å². The van der Waals surface area contributed by atoms with Crippen LogP contribution in [0, 0.1) is 24.3 Å². The smallest absolute Gasteiger partial charge is 0.271 e. The molecule has 0 bridgehead atoms. The summed E-state index contributed by atoms with van der Waals surface area (Å²) in [6, 6.07) is 11.3. The number of aryl methyl sites for hydroxylation is 3. The Hall–Kier alpha value is -2.22. The van der Waals surface area contributed by atoms with Crippen molar-refractivity contribution in [3.63, 3.8) is 0 Å². The third kappa shape index (κ3) is 5.66. The zero-order chi connectivity index (χ0) is 19.3. The summed E-state index contributed by atoms with van der Waals surface area (Å²) in [4.78, 5) is 24.3. The van der Waals surface area contributed by atoms with Crippen LogP contribution in [0.25, 0.3) is 0 Å². The molecule has 5 nitrogen and oxygen atoms in total. The molecule has 0 spiro atoms. The topological polar surface area (TPSA) is 70.6 Å². The lowest BCUT2D eigenvalue weighted by atomic mass is 10.0. The van der Waals surface area contributed by atoms with Gasteiger partial charge in [-0.25, -0.2) is 5.43 Å². The number of carbonyl (C=O) groups excluding carboxylic acids is 2. The fourth-order valence-electron chi connectivity index (χ4n) is 2.67. The molecule has 2 amide bonds. The van der Waals surface area contributed by atoms with Crippen LogP contribution in [0.15, 0.2) is 41.5 Å². The van der Waals surface area contributed by atoms with Crippen LogP contribution in [0.1, 0.15) is 40.4 Å². The van der Waals surface area contributed by atoms with E-state index in [4.69, 9.17) is 0 Å². The Kier molecular flexibility index (Phi) is 6.90. The van der Waals surface area contributed by atoms with E-state index in [1.54, 1.807) is 19.1 Å². The number of nitrogens with one attached hydrogen (secondary N) is 2. The maximum absolute atomic E-state index is 12.3. The first-order valence-corrected chi connectivity index (χ1v) is 9.31. The van der Waals surface area contributed by atoms with E-state index >= 15 is 0 Å². The van der Waals surface area contributed by atoms with Gasteiger partial charge < -0.3 is 5.32 Å². The predicted molar refractivity (Wildman–Crippen MR) is 114 cm³/mol. The van der Waals surface area contributed by atoms with Crippen molar-refractivity contribution in [1.82, 2.24) is 5.43 Å². The highest BCUT2D eigenvalue weighted by atomic mass is 127. The zero-order valence-electron chi connectivity index (χ0n) is 15.3. The lowest BCUT2D eigenvalue weighted by molar-refractivity contribution is -0.115. The fraction of sp³-hybridized carbons (Fsp3) is 0.250. The van der Waals surface area contributed by atoms with E-state index in [-0.39, 0.29) is 18.2 Å². The lowest BCUT2D eigenvalue weighted by Gasteiger charge is -2.12. The Morgan fingerprint density at radius 2 is 1.73 bits per heavy atom. The van der Waals surface area contributed by atoms with Crippen LogP contribution >= 0.6 is 22.6 Å². The largest absolute Gasteiger partial charge is 0.325 e. The number of halogens is 1. The molecule has 0 radical (unpaired) electrons. The predicted octanol–water partition coefficient (Wildman–Crippen LogP) is 4.35. The Labute approximate surface area is 167 Å². The van der Waals surface area contributed by atoms with E-state index in [1.165, 1.54) is 0 Å². The molecule has 0 aliphatic rings. The van der Waals surface area contributed by atoms with Crippen molar-refractivity contribution in [3.8, 4) is 0 Å². The van der Waals surface area contributed by atoms with Crippen LogP contribution in [-0.2, 0) is 4.79 Å². The first kappa shape index (κ1) is 20.1. The number of nitrogens with zero attached hydrogens (tertiary/aromatic N) is 1. The summed E-state index contributed by atoms with van der Waals surface area (Å²) in [5.74, 6) is -0.460. The molecule has 0 aromatic heterocycles. The second-order valence-electron chi connectivity index (χ2n) is 6.30. The molecule has 0 atom stereocenters. The normalized spacial score (nSPS) is 11.2. The number of benzene rings is 2. The van der Waals surface area contributed by atoms with Crippen molar-refractivity contribution >= 4 is 45.8 Å². The van der Waals surface area contributed by atoms with E-state index < -0.39 is 0 Å². The minimum Gasteiger partial charge on any atom is -0.325 e. The number of carbonyl (C=O) groups is 2. The standard InChI is InChI=1S/C20H22IN3O2/c1-12-8-13(2)19(14(3)9-12)22-18(25)10-15(4)23-24-20(26)16-6-5-7-17(21)11-16/h5-9,11H,10H2,1-4H3,(H,22,25)(H,24,26)/b23-15-. The van der Waals surface area contributed by atoms with Crippen molar-refractivity contribution < 1.29 is 9.59 Å². The number of hydrogen-bond donors (Lipinski definition) is 2. The second kappa shape index (κ2) is 8.93. The van der Waals surface area contributed by atoms with E-state index in [2.05, 4.69) is 38.4 Å². The first-order valence-electron chi connectivity index (χ1n) is 8.23. The van der Waals surface area contributed by atoms with E-state index in [9.17, 15) is 9.59 Å². The van der Waals surface area contributed by atoms with Gasteiger partial charge in [0.05, 0.1) is 6.42 Å². The van der Waals surface area contributed by atoms with Crippen LogP contribution in [0.2, 0.25) is 0 Å². The van der Waals surface area contributed by atoms with Gasteiger partial charge in [0.15, 0.2) is 0 Å². The van der Waals surface area contributed by atoms with Crippen LogP contribution in [0.5, 0.6) is 0 Å². The number of rotatable bonds is 5. The van der Waals surface area contributed by atoms with Gasteiger partial charge in [-0.1, -0.05) is 23.8 Å². The van der Waals surface area contributed by atoms with Crippen molar-refractivity contribution in [2.45, 2.75) is 34.1 Å². The van der Waals surface area contributed by atoms with Gasteiger partial charge in [0.25, 0.3) is 5.91 Å². The molecule has 0 saturated heterocycles. The molecule has 26 heavy (non-hydrogen) atoms. The van der Waals surface area contributed by atoms with E-state index in [0.717, 1.165) is 25.9 Å². The quantitative estimate of drug-likeness (QED) is 0.393. The fourth-order valence-corrected chi connectivity index (χ4v) is 3.22. The lowest BCUT2D eigenvalue weighted by Crippen LogP contribution is -2.22. The van der Waals surface area contributed by atoms with Gasteiger partial charge in [0.2, 0.25) is 5.91 Å². The number of anilines is 1. The van der Waals surface area contributed by atoms with E-state index in [0.29, 0.717) is 11.3 Å². The Balaban J connectivity index is 1.96. The molecule has 6 heteroatoms. The third-order valence-corrected chi connectivity index (χ3v) is 4.46. The molecule has 2 rings (SSSR count). The van der Waals surface area contributed by atoms with Gasteiger partial charge in [-0.15, -0.1) is 0 Å². The number of hydrazone groups is 1. The van der Waals surface area contributed by atoms with Crippen LogP contribution in [0.3, 0.4) is 0 Å². The molecule has 0 unspecified atom stereocenters. The maximum Gasteiger partial charge on any atom is 0.271 e. The maximum atomic E-state index is 12.3. The van der Waals surface area contributed by atoms with Crippen LogP contribution in [0.4, 0.5) is 5.69 Å². The summed E-state index contributed by atoms with van der Waals surface area (Å²) in [6.45, 7) is 7.68. The summed E-state index contributed by atoms with van der Waals surface area (Å²) >= 11 is 2.15. The highest BCUT2D eigenvalue weighted by Gasteiger charge is 2.10. The number of hydrogen-bond acceptors (Lipinski definition) is 3. The summed E-state index contributed by atoms with van der Waals surface area (Å²) in [5.41, 5.74) is 7.60. The van der Waals surface area contributed by atoms with Gasteiger partial charge in [0.1, 0.15) is 0 Å². The molecule has 2 aromatic carbocycles. The Bertz CT molecular complexity index is 852. The van der Waals surface area contributed by atoms with Gasteiger partial charge in [-0.3, -0.25) is 9.59 Å². The molecule has 0 aliphatic carbocycles. The molecule has 2 aromatic rings. The van der Waals surface area contributed by atoms with Crippen molar-refractivity contribution in [3.05, 3.63) is 62.2 Å². The monoisotopic (exact) mass is 463 g/mol. The van der Waals surface area contributed by atoms with E-state index in [1.807, 2.05) is 45.0 Å². The van der Waals surface area contributed by atoms with Crippen molar-refractivity contribution in [1.29, 1.82) is 0 Å². The zero-order valence-corrected chi connectivity index (χ0v) is 17.5. The minimum atomic E-state index is -0.298. The van der Waals surface area contributed by atoms with Gasteiger partial charge in [-0.2, -0.15) is 5.10 Å². The molecular formula is C20H22IN3O2. The molecule has 2 N–H and O–H groups in total. The molecule has 0 aliphatic heterocycles. The Morgan fingerprint density at radius 3 is 2.35 bits per heavy atom. The second-order valence-corrected chi connectivity index (χ2v) is 7.54. The van der Waals surface area contributed by atoms with Crippen LogP contribution in [-0.4, -0.2) is 17.5 Å². The molecule has 136 valence electrons. The first-order chi connectivity index (χ1) is 12.3. The third-order valence-electron chi connectivity index (χ3n) is 3.79. The average Bonchev–Trinajstić information content (AvgIpc) is 2.56. The number of amides is 2. The SMILES string of the molecule is C/C(CC(=O)Nc1c(C)cc(C)cc1C)=N/NC(=O)c1cccc(I)c1. The minimum absolute atomic E-state index is 0.110. The van der Waals surface area contributed by atoms with Gasteiger partial charge >= 0.3 is 0 Å². The Morgan fingerprint density at radius 1 is 1.08 bits per heavy atom. The molecule has 0 saturated carbocycles.